The predicted octanol–water partition coefficient (Wildman–Crippen LogP) is -6.66. The lowest BCUT2D eigenvalue weighted by atomic mass is 9.98. The van der Waals surface area contributed by atoms with Crippen molar-refractivity contribution >= 4 is 17.8 Å². The third-order valence-electron chi connectivity index (χ3n) is 4.95. The van der Waals surface area contributed by atoms with Gasteiger partial charge in [0.1, 0.15) is 42.7 Å². The predicted molar refractivity (Wildman–Crippen MR) is 107 cm³/mol. The number of carboxylic acid groups (broad SMARTS) is 1. The van der Waals surface area contributed by atoms with E-state index in [9.17, 15) is 55.2 Å². The van der Waals surface area contributed by atoms with Crippen molar-refractivity contribution in [2.75, 3.05) is 26.3 Å². The lowest BCUT2D eigenvalue weighted by Crippen LogP contribution is -2.62. The molecule has 0 spiro atoms. The van der Waals surface area contributed by atoms with Gasteiger partial charge >= 0.3 is 5.97 Å². The van der Waals surface area contributed by atoms with Crippen LogP contribution in [0.3, 0.4) is 0 Å². The Balaban J connectivity index is 2.69. The molecule has 1 aliphatic rings. The molecule has 198 valence electrons. The second-order valence-corrected chi connectivity index (χ2v) is 7.52. The largest absolute Gasteiger partial charge is 0.481 e. The highest BCUT2D eigenvalue weighted by Gasteiger charge is 2.47. The van der Waals surface area contributed by atoms with Gasteiger partial charge in [-0.3, -0.25) is 14.4 Å². The van der Waals surface area contributed by atoms with Crippen LogP contribution in [0.25, 0.3) is 0 Å². The van der Waals surface area contributed by atoms with Crippen LogP contribution in [-0.4, -0.2) is 145 Å². The maximum absolute atomic E-state index is 12.1. The molecular weight excluding hydrogens is 468 g/mol. The number of aliphatic hydroxyl groups excluding tert-OH is 8. The van der Waals surface area contributed by atoms with E-state index >= 15 is 0 Å². The zero-order chi connectivity index (χ0) is 26.0. The highest BCUT2D eigenvalue weighted by molar-refractivity contribution is 5.82. The first-order valence-electron chi connectivity index (χ1n) is 10.3. The van der Waals surface area contributed by atoms with Crippen molar-refractivity contribution in [2.45, 2.75) is 68.0 Å². The van der Waals surface area contributed by atoms with Crippen LogP contribution in [0.5, 0.6) is 0 Å². The standard InChI is InChI=1S/C18H32N2O14/c21-5-7(23)16(34-18-15(31)12(28)11(27)8(6-22)33-18)13(29)14(30)17(32)20-4-3-19-9(24)1-2-10(25)26/h7-8,11-16,18,21-23,27-31H,1-6H2,(H,19,24)(H,20,32)(H,25,26). The normalized spacial score (nSPS) is 28.4. The van der Waals surface area contributed by atoms with Crippen molar-refractivity contribution in [2.24, 2.45) is 0 Å². The van der Waals surface area contributed by atoms with Gasteiger partial charge in [-0.1, -0.05) is 0 Å². The monoisotopic (exact) mass is 500 g/mol. The van der Waals surface area contributed by atoms with E-state index in [0.717, 1.165) is 0 Å². The lowest BCUT2D eigenvalue weighted by Gasteiger charge is -2.42. The van der Waals surface area contributed by atoms with Crippen LogP contribution in [0.15, 0.2) is 0 Å². The number of rotatable bonds is 14. The minimum absolute atomic E-state index is 0.128. The fourth-order valence-electron chi connectivity index (χ4n) is 2.97. The molecule has 1 fully saturated rings. The van der Waals surface area contributed by atoms with Crippen LogP contribution < -0.4 is 10.6 Å². The SMILES string of the molecule is O=C(O)CCC(=O)NCCNC(=O)C(O)C(O)C(OC1OC(CO)C(O)C(O)C1O)C(O)CO. The molecule has 16 nitrogen and oxygen atoms in total. The van der Waals surface area contributed by atoms with Crippen molar-refractivity contribution in [1.29, 1.82) is 0 Å². The number of nitrogens with one attached hydrogen (secondary N) is 2. The number of aliphatic hydroxyl groups is 8. The molecule has 11 N–H and O–H groups in total. The fourth-order valence-corrected chi connectivity index (χ4v) is 2.97. The first kappa shape index (κ1) is 30.0. The quantitative estimate of drug-likeness (QED) is 0.0989. The zero-order valence-corrected chi connectivity index (χ0v) is 18.0. The van der Waals surface area contributed by atoms with Gasteiger partial charge < -0.3 is 66.1 Å². The molecular formula is C18H32N2O14. The zero-order valence-electron chi connectivity index (χ0n) is 18.0. The average Bonchev–Trinajstić information content (AvgIpc) is 2.81. The van der Waals surface area contributed by atoms with Crippen LogP contribution in [-0.2, 0) is 23.9 Å². The number of ether oxygens (including phenoxy) is 2. The summed E-state index contributed by atoms with van der Waals surface area (Å²) in [7, 11) is 0. The summed E-state index contributed by atoms with van der Waals surface area (Å²) >= 11 is 0. The third kappa shape index (κ3) is 8.66. The van der Waals surface area contributed by atoms with E-state index in [4.69, 9.17) is 14.6 Å². The summed E-state index contributed by atoms with van der Waals surface area (Å²) in [6, 6.07) is 0. The number of hydrogen-bond donors (Lipinski definition) is 11. The number of aliphatic carboxylic acids is 1. The van der Waals surface area contributed by atoms with Crippen LogP contribution in [0, 0.1) is 0 Å². The summed E-state index contributed by atoms with van der Waals surface area (Å²) in [6.45, 7) is -2.16. The number of carbonyl (C=O) groups excluding carboxylic acids is 2. The highest BCUT2D eigenvalue weighted by atomic mass is 16.7. The first-order valence-corrected chi connectivity index (χ1v) is 10.3. The molecule has 1 heterocycles. The second kappa shape index (κ2) is 14.4. The van der Waals surface area contributed by atoms with Crippen LogP contribution >= 0.6 is 0 Å². The molecule has 1 aliphatic heterocycles. The molecule has 9 atom stereocenters. The number of amides is 2. The minimum atomic E-state index is -2.24. The van der Waals surface area contributed by atoms with Gasteiger partial charge in [0.25, 0.3) is 5.91 Å². The van der Waals surface area contributed by atoms with Gasteiger partial charge in [0, 0.05) is 19.5 Å². The van der Waals surface area contributed by atoms with Crippen molar-refractivity contribution in [3.63, 3.8) is 0 Å². The summed E-state index contributed by atoms with van der Waals surface area (Å²) in [6.07, 6.45) is -17.6. The Morgan fingerprint density at radius 3 is 2.09 bits per heavy atom. The minimum Gasteiger partial charge on any atom is -0.481 e. The summed E-state index contributed by atoms with van der Waals surface area (Å²) in [5, 5.41) is 91.5. The smallest absolute Gasteiger partial charge is 0.303 e. The van der Waals surface area contributed by atoms with Crippen LogP contribution in [0.4, 0.5) is 0 Å². The Hall–Kier alpha value is -1.99. The van der Waals surface area contributed by atoms with E-state index in [1.54, 1.807) is 0 Å². The van der Waals surface area contributed by atoms with Gasteiger partial charge in [-0.2, -0.15) is 0 Å². The summed E-state index contributed by atoms with van der Waals surface area (Å²) in [5.41, 5.74) is 0. The molecule has 34 heavy (non-hydrogen) atoms. The molecule has 1 saturated heterocycles. The topological polar surface area (TPSA) is 276 Å². The Kier molecular flexibility index (Phi) is 12.7. The summed E-state index contributed by atoms with van der Waals surface area (Å²) < 4.78 is 10.3. The molecule has 0 aromatic rings. The van der Waals surface area contributed by atoms with Crippen LogP contribution in [0.1, 0.15) is 12.8 Å². The summed E-state index contributed by atoms with van der Waals surface area (Å²) in [4.78, 5) is 33.9. The molecule has 2 amide bonds. The average molecular weight is 500 g/mol. The molecule has 9 unspecified atom stereocenters. The van der Waals surface area contributed by atoms with Gasteiger partial charge in [0.15, 0.2) is 12.4 Å². The van der Waals surface area contributed by atoms with Crippen molar-refractivity contribution in [1.82, 2.24) is 10.6 Å². The highest BCUT2D eigenvalue weighted by Crippen LogP contribution is 2.25. The Bertz CT molecular complexity index is 665. The third-order valence-corrected chi connectivity index (χ3v) is 4.95. The molecule has 16 heteroatoms. The van der Waals surface area contributed by atoms with Crippen molar-refractivity contribution in [3.05, 3.63) is 0 Å². The van der Waals surface area contributed by atoms with Gasteiger partial charge in [0.05, 0.1) is 19.6 Å². The molecule has 0 aromatic heterocycles. The maximum atomic E-state index is 12.1. The van der Waals surface area contributed by atoms with E-state index in [1.807, 2.05) is 0 Å². The fraction of sp³-hybridized carbons (Fsp3) is 0.833. The summed E-state index contributed by atoms with van der Waals surface area (Å²) in [5.74, 6) is -2.91. The van der Waals surface area contributed by atoms with Crippen molar-refractivity contribution in [3.8, 4) is 0 Å². The number of carbonyl (C=O) groups is 3. The van der Waals surface area contributed by atoms with Gasteiger partial charge in [-0.25, -0.2) is 0 Å². The van der Waals surface area contributed by atoms with E-state index in [1.165, 1.54) is 0 Å². The van der Waals surface area contributed by atoms with Gasteiger partial charge in [-0.05, 0) is 0 Å². The van der Waals surface area contributed by atoms with Crippen molar-refractivity contribution < 1.29 is 69.8 Å². The Morgan fingerprint density at radius 2 is 1.53 bits per heavy atom. The van der Waals surface area contributed by atoms with E-state index in [2.05, 4.69) is 10.6 Å². The maximum Gasteiger partial charge on any atom is 0.303 e. The molecule has 0 bridgehead atoms. The molecule has 0 aliphatic carbocycles. The number of carboxylic acids is 1. The van der Waals surface area contributed by atoms with Gasteiger partial charge in [0.2, 0.25) is 5.91 Å². The first-order chi connectivity index (χ1) is 15.9. The van der Waals surface area contributed by atoms with E-state index in [-0.39, 0.29) is 25.9 Å². The number of hydrogen-bond acceptors (Lipinski definition) is 13. The van der Waals surface area contributed by atoms with Crippen LogP contribution in [0.2, 0.25) is 0 Å². The van der Waals surface area contributed by atoms with Gasteiger partial charge in [-0.15, -0.1) is 0 Å². The van der Waals surface area contributed by atoms with E-state index in [0.29, 0.717) is 0 Å². The Labute approximate surface area is 193 Å². The molecule has 0 saturated carbocycles. The second-order valence-electron chi connectivity index (χ2n) is 7.52. The molecule has 0 radical (unpaired) electrons. The van der Waals surface area contributed by atoms with E-state index < -0.39 is 86.1 Å². The molecule has 0 aromatic carbocycles. The lowest BCUT2D eigenvalue weighted by molar-refractivity contribution is -0.326. The Morgan fingerprint density at radius 1 is 0.912 bits per heavy atom. The molecule has 1 rings (SSSR count).